The first-order valence-corrected chi connectivity index (χ1v) is 10.4. The Morgan fingerprint density at radius 2 is 2.07 bits per heavy atom. The van der Waals surface area contributed by atoms with Gasteiger partial charge in [-0.2, -0.15) is 0 Å². The maximum absolute atomic E-state index is 12.4. The lowest BCUT2D eigenvalue weighted by molar-refractivity contribution is -0.121. The summed E-state index contributed by atoms with van der Waals surface area (Å²) in [5.74, 6) is 1.66. The monoisotopic (exact) mass is 369 g/mol. The minimum atomic E-state index is 0.165. The van der Waals surface area contributed by atoms with E-state index in [1.807, 2.05) is 12.1 Å². The van der Waals surface area contributed by atoms with Crippen LogP contribution >= 0.6 is 0 Å². The highest BCUT2D eigenvalue weighted by Crippen LogP contribution is 2.30. The number of methoxy groups -OCH3 is 1. The molecule has 27 heavy (non-hydrogen) atoms. The van der Waals surface area contributed by atoms with E-state index in [1.165, 1.54) is 45.2 Å². The number of carbonyl (C=O) groups excluding carboxylic acids is 1. The lowest BCUT2D eigenvalue weighted by Gasteiger charge is -2.44. The van der Waals surface area contributed by atoms with E-state index < -0.39 is 0 Å². The van der Waals surface area contributed by atoms with Crippen LogP contribution in [0, 0.1) is 5.92 Å². The van der Waals surface area contributed by atoms with E-state index in [4.69, 9.17) is 4.74 Å². The van der Waals surface area contributed by atoms with Gasteiger partial charge in [-0.25, -0.2) is 0 Å². The Morgan fingerprint density at radius 3 is 2.96 bits per heavy atom. The highest BCUT2D eigenvalue weighted by molar-refractivity contribution is 5.82. The number of nitrogens with zero attached hydrogens (tertiary/aromatic N) is 2. The maximum atomic E-state index is 12.4. The van der Waals surface area contributed by atoms with Gasteiger partial charge >= 0.3 is 0 Å². The molecule has 2 saturated heterocycles. The summed E-state index contributed by atoms with van der Waals surface area (Å²) in [5, 5.41) is 4.36. The van der Waals surface area contributed by atoms with E-state index in [0.29, 0.717) is 24.9 Å². The smallest absolute Gasteiger partial charge is 0.221 e. The number of piperidine rings is 2. The predicted molar refractivity (Wildman–Crippen MR) is 108 cm³/mol. The Morgan fingerprint density at radius 1 is 1.19 bits per heavy atom. The molecule has 4 rings (SSSR count). The predicted octanol–water partition coefficient (Wildman–Crippen LogP) is 3.42. The minimum Gasteiger partial charge on any atom is -0.497 e. The van der Waals surface area contributed by atoms with Gasteiger partial charge < -0.3 is 19.5 Å². The Balaban J connectivity index is 1.28. The van der Waals surface area contributed by atoms with Crippen LogP contribution in [-0.2, 0) is 11.3 Å². The summed E-state index contributed by atoms with van der Waals surface area (Å²) in [7, 11) is 1.68. The molecule has 0 unspecified atom stereocenters. The lowest BCUT2D eigenvalue weighted by Crippen LogP contribution is -2.51. The van der Waals surface area contributed by atoms with Crippen LogP contribution in [0.3, 0.4) is 0 Å². The Labute approximate surface area is 161 Å². The zero-order valence-corrected chi connectivity index (χ0v) is 16.3. The van der Waals surface area contributed by atoms with E-state index in [9.17, 15) is 4.79 Å². The van der Waals surface area contributed by atoms with Crippen molar-refractivity contribution in [2.45, 2.75) is 51.1 Å². The fourth-order valence-corrected chi connectivity index (χ4v) is 4.87. The maximum Gasteiger partial charge on any atom is 0.221 e. The number of fused-ring (bicyclic) bond motifs is 2. The van der Waals surface area contributed by atoms with Gasteiger partial charge in [0.05, 0.1) is 7.11 Å². The Hall–Kier alpha value is -2.01. The summed E-state index contributed by atoms with van der Waals surface area (Å²) in [5.41, 5.74) is 1.15. The van der Waals surface area contributed by atoms with Crippen LogP contribution in [0.25, 0.3) is 10.9 Å². The van der Waals surface area contributed by atoms with Gasteiger partial charge in [-0.1, -0.05) is 6.42 Å². The van der Waals surface area contributed by atoms with Crippen molar-refractivity contribution < 1.29 is 9.53 Å². The van der Waals surface area contributed by atoms with Crippen LogP contribution in [0.1, 0.15) is 38.5 Å². The zero-order valence-electron chi connectivity index (χ0n) is 16.3. The molecule has 146 valence electrons. The van der Waals surface area contributed by atoms with Crippen molar-refractivity contribution in [3.63, 3.8) is 0 Å². The molecule has 0 radical (unpaired) electrons. The van der Waals surface area contributed by atoms with Gasteiger partial charge in [0.25, 0.3) is 0 Å². The summed E-state index contributed by atoms with van der Waals surface area (Å²) >= 11 is 0. The average molecular weight is 370 g/mol. The molecule has 1 aromatic carbocycles. The average Bonchev–Trinajstić information content (AvgIpc) is 3.12. The molecule has 0 aliphatic carbocycles. The van der Waals surface area contributed by atoms with E-state index >= 15 is 0 Å². The van der Waals surface area contributed by atoms with Crippen molar-refractivity contribution in [3.8, 4) is 5.75 Å². The van der Waals surface area contributed by atoms with Gasteiger partial charge in [-0.15, -0.1) is 0 Å². The molecule has 1 N–H and O–H groups in total. The van der Waals surface area contributed by atoms with Gasteiger partial charge in [-0.05, 0) is 69.0 Å². The van der Waals surface area contributed by atoms with Crippen molar-refractivity contribution in [3.05, 3.63) is 30.5 Å². The molecule has 0 bridgehead atoms. The Kier molecular flexibility index (Phi) is 5.67. The summed E-state index contributed by atoms with van der Waals surface area (Å²) in [6.07, 6.45) is 9.10. The largest absolute Gasteiger partial charge is 0.497 e. The second kappa shape index (κ2) is 8.34. The van der Waals surface area contributed by atoms with E-state index in [-0.39, 0.29) is 5.91 Å². The molecule has 0 saturated carbocycles. The first kappa shape index (κ1) is 18.4. The fraction of sp³-hybridized carbons (Fsp3) is 0.591. The van der Waals surface area contributed by atoms with Crippen LogP contribution in [0.15, 0.2) is 30.5 Å². The number of aromatic nitrogens is 1. The minimum absolute atomic E-state index is 0.165. The van der Waals surface area contributed by atoms with Crippen LogP contribution in [-0.4, -0.2) is 48.2 Å². The van der Waals surface area contributed by atoms with Gasteiger partial charge in [0, 0.05) is 42.7 Å². The van der Waals surface area contributed by atoms with Crippen LogP contribution in [0.2, 0.25) is 0 Å². The molecule has 5 heteroatoms. The molecule has 5 nitrogen and oxygen atoms in total. The zero-order chi connectivity index (χ0) is 18.6. The highest BCUT2D eigenvalue weighted by Gasteiger charge is 2.32. The van der Waals surface area contributed by atoms with E-state index in [0.717, 1.165) is 23.2 Å². The van der Waals surface area contributed by atoms with Gasteiger partial charge in [0.15, 0.2) is 0 Å². The summed E-state index contributed by atoms with van der Waals surface area (Å²) < 4.78 is 7.43. The van der Waals surface area contributed by atoms with Crippen LogP contribution in [0.5, 0.6) is 5.75 Å². The molecule has 2 aliphatic rings. The third-order valence-electron chi connectivity index (χ3n) is 6.35. The van der Waals surface area contributed by atoms with Crippen molar-refractivity contribution in [2.75, 3.05) is 26.7 Å². The number of hydrogen-bond donors (Lipinski definition) is 1. The molecule has 2 aromatic rings. The number of rotatable bonds is 6. The highest BCUT2D eigenvalue weighted by atomic mass is 16.5. The SMILES string of the molecule is COc1ccc2c(ccn2CCC(=O)NC[C@@H]2CCCN3CCCC[C@H]23)c1. The van der Waals surface area contributed by atoms with Gasteiger partial charge in [-0.3, -0.25) is 4.79 Å². The third-order valence-corrected chi connectivity index (χ3v) is 6.35. The molecule has 1 amide bonds. The number of aryl methyl sites for hydroxylation is 1. The van der Waals surface area contributed by atoms with E-state index in [2.05, 4.69) is 33.1 Å². The molecule has 2 atom stereocenters. The first-order valence-electron chi connectivity index (χ1n) is 10.4. The second-order valence-corrected chi connectivity index (χ2v) is 7.99. The third kappa shape index (κ3) is 4.13. The second-order valence-electron chi connectivity index (χ2n) is 7.99. The normalized spacial score (nSPS) is 23.1. The number of benzene rings is 1. The molecule has 2 fully saturated rings. The van der Waals surface area contributed by atoms with Crippen molar-refractivity contribution in [1.29, 1.82) is 0 Å². The summed E-state index contributed by atoms with van der Waals surface area (Å²) in [4.78, 5) is 15.1. The van der Waals surface area contributed by atoms with Crippen molar-refractivity contribution in [1.82, 2.24) is 14.8 Å². The van der Waals surface area contributed by atoms with Gasteiger partial charge in [0.1, 0.15) is 5.75 Å². The van der Waals surface area contributed by atoms with Crippen LogP contribution in [0.4, 0.5) is 0 Å². The van der Waals surface area contributed by atoms with Crippen molar-refractivity contribution >= 4 is 16.8 Å². The number of carbonyl (C=O) groups is 1. The van der Waals surface area contributed by atoms with Crippen molar-refractivity contribution in [2.24, 2.45) is 5.92 Å². The topological polar surface area (TPSA) is 46.5 Å². The molecular weight excluding hydrogens is 338 g/mol. The summed E-state index contributed by atoms with van der Waals surface area (Å²) in [6.45, 7) is 4.05. The summed E-state index contributed by atoms with van der Waals surface area (Å²) in [6, 6.07) is 8.83. The van der Waals surface area contributed by atoms with E-state index in [1.54, 1.807) is 7.11 Å². The standard InChI is InChI=1S/C22H31N3O2/c1-27-19-7-8-21-17(15-19)9-13-25(21)14-10-22(26)23-16-18-5-4-12-24-11-3-2-6-20(18)24/h7-9,13,15,18,20H,2-6,10-12,14,16H2,1H3,(H,23,26)/t18-,20+/m0/s1. The molecule has 0 spiro atoms. The first-order chi connectivity index (χ1) is 13.2. The lowest BCUT2D eigenvalue weighted by atomic mass is 9.83. The number of hydrogen-bond acceptors (Lipinski definition) is 3. The number of amides is 1. The molecule has 2 aliphatic heterocycles. The number of nitrogens with one attached hydrogen (secondary N) is 1. The Bertz CT molecular complexity index is 783. The number of ether oxygens (including phenoxy) is 1. The molecule has 1 aromatic heterocycles. The molecular formula is C22H31N3O2. The van der Waals surface area contributed by atoms with Crippen LogP contribution < -0.4 is 10.1 Å². The fourth-order valence-electron chi connectivity index (χ4n) is 4.87. The quantitative estimate of drug-likeness (QED) is 0.849. The molecule has 3 heterocycles. The van der Waals surface area contributed by atoms with Gasteiger partial charge in [0.2, 0.25) is 5.91 Å².